The second-order valence-corrected chi connectivity index (χ2v) is 4.78. The lowest BCUT2D eigenvalue weighted by Crippen LogP contribution is -2.47. The molecule has 0 unspecified atom stereocenters. The molecule has 1 aliphatic heterocycles. The van der Waals surface area contributed by atoms with Crippen molar-refractivity contribution < 1.29 is 4.48 Å². The Kier molecular flexibility index (Phi) is 2.50. The fourth-order valence-corrected chi connectivity index (χ4v) is 2.28. The van der Waals surface area contributed by atoms with Gasteiger partial charge < -0.3 is 4.48 Å². The molecule has 0 bridgehead atoms. The molecule has 1 heterocycles. The fraction of sp³-hybridized carbons (Fsp3) is 1.00. The van der Waals surface area contributed by atoms with E-state index in [2.05, 4.69) is 39.6 Å². The molecular weight excluding hydrogens is 148 g/mol. The predicted molar refractivity (Wildman–Crippen MR) is 52.9 cm³/mol. The smallest absolute Gasteiger partial charge is 0.135 e. The van der Waals surface area contributed by atoms with E-state index in [0.717, 1.165) is 0 Å². The summed E-state index contributed by atoms with van der Waals surface area (Å²) in [4.78, 5) is 2.49. The fourth-order valence-electron chi connectivity index (χ4n) is 2.28. The Morgan fingerprint density at radius 3 is 1.92 bits per heavy atom. The van der Waals surface area contributed by atoms with Crippen LogP contribution in [-0.4, -0.2) is 48.3 Å². The molecule has 1 aliphatic rings. The molecule has 0 atom stereocenters. The number of hydrogen-bond acceptors (Lipinski definition) is 1. The molecule has 2 heteroatoms. The van der Waals surface area contributed by atoms with E-state index >= 15 is 0 Å². The van der Waals surface area contributed by atoms with Crippen molar-refractivity contribution in [3.8, 4) is 0 Å². The summed E-state index contributed by atoms with van der Waals surface area (Å²) in [6.45, 7) is 14.4. The van der Waals surface area contributed by atoms with Crippen LogP contribution in [0.5, 0.6) is 0 Å². The first kappa shape index (κ1) is 10.0. The third kappa shape index (κ3) is 1.50. The van der Waals surface area contributed by atoms with Gasteiger partial charge in [0.2, 0.25) is 0 Å². The number of rotatable bonds is 2. The Bertz CT molecular complexity index is 159. The highest BCUT2D eigenvalue weighted by atomic mass is 15.5. The molecule has 0 aliphatic carbocycles. The Hall–Kier alpha value is -0.0800. The van der Waals surface area contributed by atoms with Crippen LogP contribution in [0.2, 0.25) is 0 Å². The molecular formula is C10H23N2+. The number of likely N-dealkylation sites (N-methyl/N-ethyl adjacent to an activating group) is 2. The van der Waals surface area contributed by atoms with E-state index in [1.807, 2.05) is 0 Å². The highest BCUT2D eigenvalue weighted by Gasteiger charge is 2.44. The van der Waals surface area contributed by atoms with E-state index in [4.69, 9.17) is 0 Å². The monoisotopic (exact) mass is 171 g/mol. The summed E-state index contributed by atoms with van der Waals surface area (Å²) in [7, 11) is 2.24. The minimum absolute atomic E-state index is 0.395. The average molecular weight is 171 g/mol. The summed E-state index contributed by atoms with van der Waals surface area (Å²) in [5.41, 5.74) is 0.395. The molecule has 0 N–H and O–H groups in total. The van der Waals surface area contributed by atoms with E-state index in [-0.39, 0.29) is 0 Å². The molecule has 1 fully saturated rings. The quantitative estimate of drug-likeness (QED) is 0.569. The lowest BCUT2D eigenvalue weighted by Gasteiger charge is -2.31. The number of nitrogens with zero attached hydrogens (tertiary/aromatic N) is 2. The van der Waals surface area contributed by atoms with Gasteiger partial charge in [0.05, 0.1) is 25.2 Å². The third-order valence-corrected chi connectivity index (χ3v) is 3.61. The summed E-state index contributed by atoms with van der Waals surface area (Å²) in [6.07, 6.45) is 0. The van der Waals surface area contributed by atoms with Crippen molar-refractivity contribution in [3.05, 3.63) is 0 Å². The minimum atomic E-state index is 0.395. The molecule has 0 spiro atoms. The van der Waals surface area contributed by atoms with Crippen LogP contribution in [0.1, 0.15) is 27.7 Å². The van der Waals surface area contributed by atoms with Crippen LogP contribution in [0.3, 0.4) is 0 Å². The second-order valence-electron chi connectivity index (χ2n) is 4.78. The van der Waals surface area contributed by atoms with Gasteiger partial charge in [0, 0.05) is 0 Å². The summed E-state index contributed by atoms with van der Waals surface area (Å²) in [5, 5.41) is 0. The molecule has 72 valence electrons. The standard InChI is InChI=1S/C10H23N2/c1-6-12(7-2)8-10(3,4)11(5)9-12/h6-9H2,1-5H3/q+1. The van der Waals surface area contributed by atoms with E-state index in [1.54, 1.807) is 0 Å². The summed E-state index contributed by atoms with van der Waals surface area (Å²) >= 11 is 0. The molecule has 0 aromatic carbocycles. The zero-order chi connectivity index (χ0) is 9.41. The predicted octanol–water partition coefficient (Wildman–Crippen LogP) is 1.52. The Morgan fingerprint density at radius 2 is 1.75 bits per heavy atom. The maximum Gasteiger partial charge on any atom is 0.135 e. The van der Waals surface area contributed by atoms with Gasteiger partial charge in [-0.25, -0.2) is 4.90 Å². The first-order chi connectivity index (χ1) is 5.46. The van der Waals surface area contributed by atoms with Gasteiger partial charge in [-0.3, -0.25) is 0 Å². The molecule has 0 amide bonds. The van der Waals surface area contributed by atoms with Gasteiger partial charge >= 0.3 is 0 Å². The topological polar surface area (TPSA) is 3.24 Å². The van der Waals surface area contributed by atoms with Gasteiger partial charge in [-0.1, -0.05) is 0 Å². The SMILES string of the molecule is CC[N+]1(CC)CN(C)C(C)(C)C1. The first-order valence-corrected chi connectivity index (χ1v) is 5.02. The summed E-state index contributed by atoms with van der Waals surface area (Å²) in [5.74, 6) is 0. The van der Waals surface area contributed by atoms with Crippen molar-refractivity contribution >= 4 is 0 Å². The van der Waals surface area contributed by atoms with Crippen LogP contribution < -0.4 is 0 Å². The largest absolute Gasteiger partial charge is 0.310 e. The molecule has 1 saturated heterocycles. The Balaban J connectivity index is 2.75. The molecule has 0 radical (unpaired) electrons. The van der Waals surface area contributed by atoms with Gasteiger partial charge in [-0.2, -0.15) is 0 Å². The summed E-state index contributed by atoms with van der Waals surface area (Å²) < 4.78 is 1.27. The maximum absolute atomic E-state index is 2.49. The van der Waals surface area contributed by atoms with E-state index in [1.165, 1.54) is 30.8 Å². The van der Waals surface area contributed by atoms with Crippen LogP contribution in [-0.2, 0) is 0 Å². The van der Waals surface area contributed by atoms with Gasteiger partial charge in [0.1, 0.15) is 6.67 Å². The first-order valence-electron chi connectivity index (χ1n) is 5.02. The van der Waals surface area contributed by atoms with Crippen LogP contribution in [0.15, 0.2) is 0 Å². The van der Waals surface area contributed by atoms with Gasteiger partial charge in [-0.05, 0) is 34.7 Å². The zero-order valence-electron chi connectivity index (χ0n) is 9.22. The van der Waals surface area contributed by atoms with Gasteiger partial charge in [0.25, 0.3) is 0 Å². The van der Waals surface area contributed by atoms with Crippen LogP contribution in [0.4, 0.5) is 0 Å². The third-order valence-electron chi connectivity index (χ3n) is 3.61. The van der Waals surface area contributed by atoms with Crippen LogP contribution in [0.25, 0.3) is 0 Å². The molecule has 12 heavy (non-hydrogen) atoms. The van der Waals surface area contributed by atoms with E-state index in [0.29, 0.717) is 5.54 Å². The minimum Gasteiger partial charge on any atom is -0.310 e. The van der Waals surface area contributed by atoms with Gasteiger partial charge in [-0.15, -0.1) is 0 Å². The molecule has 1 rings (SSSR count). The van der Waals surface area contributed by atoms with Crippen molar-refractivity contribution in [1.29, 1.82) is 0 Å². The highest BCUT2D eigenvalue weighted by molar-refractivity contribution is 4.82. The average Bonchev–Trinajstić information content (AvgIpc) is 2.24. The molecule has 0 aromatic heterocycles. The van der Waals surface area contributed by atoms with E-state index < -0.39 is 0 Å². The Morgan fingerprint density at radius 1 is 1.25 bits per heavy atom. The maximum atomic E-state index is 2.49. The van der Waals surface area contributed by atoms with Gasteiger partial charge in [0.15, 0.2) is 0 Å². The lowest BCUT2D eigenvalue weighted by atomic mass is 10.1. The van der Waals surface area contributed by atoms with Crippen molar-refractivity contribution in [2.75, 3.05) is 33.4 Å². The zero-order valence-corrected chi connectivity index (χ0v) is 9.22. The number of hydrogen-bond donors (Lipinski definition) is 0. The highest BCUT2D eigenvalue weighted by Crippen LogP contribution is 2.27. The lowest BCUT2D eigenvalue weighted by molar-refractivity contribution is -0.918. The van der Waals surface area contributed by atoms with Crippen molar-refractivity contribution in [1.82, 2.24) is 4.90 Å². The van der Waals surface area contributed by atoms with E-state index in [9.17, 15) is 0 Å². The molecule has 0 saturated carbocycles. The van der Waals surface area contributed by atoms with Crippen molar-refractivity contribution in [2.45, 2.75) is 33.2 Å². The summed E-state index contributed by atoms with van der Waals surface area (Å²) in [6, 6.07) is 0. The number of quaternary nitrogens is 1. The van der Waals surface area contributed by atoms with Crippen LogP contribution >= 0.6 is 0 Å². The van der Waals surface area contributed by atoms with Crippen LogP contribution in [0, 0.1) is 0 Å². The van der Waals surface area contributed by atoms with Crippen molar-refractivity contribution in [3.63, 3.8) is 0 Å². The molecule has 0 aromatic rings. The second kappa shape index (κ2) is 3.00. The molecule has 2 nitrogen and oxygen atoms in total. The normalized spacial score (nSPS) is 27.8. The van der Waals surface area contributed by atoms with Crippen molar-refractivity contribution in [2.24, 2.45) is 0 Å². The Labute approximate surface area is 76.7 Å².